The number of carbonyl (C=O) groups is 1. The number of fused-ring (bicyclic) bond motifs is 1. The Bertz CT molecular complexity index is 819. The predicted molar refractivity (Wildman–Crippen MR) is 92.6 cm³/mol. The summed E-state index contributed by atoms with van der Waals surface area (Å²) in [6.07, 6.45) is 2.86. The van der Waals surface area contributed by atoms with Gasteiger partial charge in [0.1, 0.15) is 0 Å². The highest BCUT2D eigenvalue weighted by Crippen LogP contribution is 2.20. The van der Waals surface area contributed by atoms with Gasteiger partial charge in [0, 0.05) is 29.4 Å². The number of aryl methyl sites for hydroxylation is 1. The van der Waals surface area contributed by atoms with E-state index < -0.39 is 0 Å². The highest BCUT2D eigenvalue weighted by molar-refractivity contribution is 5.95. The van der Waals surface area contributed by atoms with Crippen molar-refractivity contribution in [2.75, 3.05) is 11.9 Å². The molecule has 0 fully saturated rings. The number of aromatic amines is 1. The molecule has 0 saturated heterocycles. The van der Waals surface area contributed by atoms with Crippen LogP contribution >= 0.6 is 0 Å². The number of nitrogens with one attached hydrogen (secondary N) is 2. The lowest BCUT2D eigenvalue weighted by molar-refractivity contribution is -0.115. The van der Waals surface area contributed by atoms with E-state index in [0.717, 1.165) is 27.7 Å². The number of anilines is 1. The normalized spacial score (nSPS) is 10.9. The highest BCUT2D eigenvalue weighted by Gasteiger charge is 2.09. The smallest absolute Gasteiger partial charge is 0.228 e. The average molecular weight is 308 g/mol. The lowest BCUT2D eigenvalue weighted by Crippen LogP contribution is -2.14. The molecule has 3 aromatic rings. The van der Waals surface area contributed by atoms with Crippen molar-refractivity contribution in [3.8, 4) is 0 Å². The quantitative estimate of drug-likeness (QED) is 0.677. The minimum atomic E-state index is -0.0404. The Hall–Kier alpha value is -2.59. The van der Waals surface area contributed by atoms with E-state index in [1.54, 1.807) is 0 Å². The monoisotopic (exact) mass is 308 g/mol. The van der Waals surface area contributed by atoms with Gasteiger partial charge >= 0.3 is 0 Å². The van der Waals surface area contributed by atoms with Crippen LogP contribution in [0, 0.1) is 6.92 Å². The molecule has 0 aliphatic rings. The molecule has 0 unspecified atom stereocenters. The standard InChI is InChI=1S/C19H20N2O2/c1-13-2-7-17-15(12-20-18(17)10-13)11-19(23)21-16-5-3-14(4-6-16)8-9-22/h2-7,10,12,20,22H,8-9,11H2,1H3,(H,21,23). The second-order valence-corrected chi connectivity index (χ2v) is 5.76. The molecule has 4 heteroatoms. The Kier molecular flexibility index (Phi) is 4.44. The number of carbonyl (C=O) groups excluding carboxylic acids is 1. The number of hydrogen-bond acceptors (Lipinski definition) is 2. The van der Waals surface area contributed by atoms with Gasteiger partial charge in [-0.15, -0.1) is 0 Å². The number of rotatable bonds is 5. The van der Waals surface area contributed by atoms with Crippen molar-refractivity contribution in [2.45, 2.75) is 19.8 Å². The van der Waals surface area contributed by atoms with Gasteiger partial charge < -0.3 is 15.4 Å². The van der Waals surface area contributed by atoms with Crippen LogP contribution in [0.25, 0.3) is 10.9 Å². The first-order valence-electron chi connectivity index (χ1n) is 7.72. The molecule has 0 atom stereocenters. The van der Waals surface area contributed by atoms with E-state index >= 15 is 0 Å². The first kappa shape index (κ1) is 15.3. The fraction of sp³-hybridized carbons (Fsp3) is 0.211. The van der Waals surface area contributed by atoms with Gasteiger partial charge in [0.25, 0.3) is 0 Å². The topological polar surface area (TPSA) is 65.1 Å². The number of aromatic nitrogens is 1. The van der Waals surface area contributed by atoms with Crippen LogP contribution in [0.3, 0.4) is 0 Å². The van der Waals surface area contributed by atoms with Crippen LogP contribution in [0.4, 0.5) is 5.69 Å². The van der Waals surface area contributed by atoms with Crippen LogP contribution < -0.4 is 5.32 Å². The number of hydrogen-bond donors (Lipinski definition) is 3. The van der Waals surface area contributed by atoms with E-state index in [9.17, 15) is 4.79 Å². The fourth-order valence-electron chi connectivity index (χ4n) is 2.71. The maximum Gasteiger partial charge on any atom is 0.228 e. The van der Waals surface area contributed by atoms with Gasteiger partial charge in [-0.25, -0.2) is 0 Å². The minimum Gasteiger partial charge on any atom is -0.396 e. The third-order valence-corrected chi connectivity index (χ3v) is 3.91. The summed E-state index contributed by atoms with van der Waals surface area (Å²) in [6.45, 7) is 2.18. The van der Waals surface area contributed by atoms with Crippen molar-refractivity contribution in [2.24, 2.45) is 0 Å². The maximum absolute atomic E-state index is 12.2. The van der Waals surface area contributed by atoms with Gasteiger partial charge in [-0.05, 0) is 48.2 Å². The zero-order chi connectivity index (χ0) is 16.2. The van der Waals surface area contributed by atoms with Gasteiger partial charge in [-0.2, -0.15) is 0 Å². The van der Waals surface area contributed by atoms with Gasteiger partial charge in [-0.1, -0.05) is 24.3 Å². The van der Waals surface area contributed by atoms with E-state index in [1.165, 1.54) is 5.56 Å². The first-order valence-corrected chi connectivity index (χ1v) is 7.72. The first-order chi connectivity index (χ1) is 11.2. The van der Waals surface area contributed by atoms with Crippen LogP contribution in [-0.2, 0) is 17.6 Å². The molecule has 1 amide bonds. The lowest BCUT2D eigenvalue weighted by Gasteiger charge is -2.06. The Balaban J connectivity index is 1.68. The molecule has 0 spiro atoms. The summed E-state index contributed by atoms with van der Waals surface area (Å²) >= 11 is 0. The van der Waals surface area contributed by atoms with Gasteiger partial charge in [0.2, 0.25) is 5.91 Å². The number of H-pyrrole nitrogens is 1. The molecule has 0 saturated carbocycles. The molecule has 0 bridgehead atoms. The van der Waals surface area contributed by atoms with Crippen LogP contribution in [0.15, 0.2) is 48.7 Å². The van der Waals surface area contributed by atoms with Crippen molar-refractivity contribution in [3.63, 3.8) is 0 Å². The number of aliphatic hydroxyl groups is 1. The van der Waals surface area contributed by atoms with Crippen LogP contribution in [0.5, 0.6) is 0 Å². The van der Waals surface area contributed by atoms with Crippen molar-refractivity contribution in [3.05, 3.63) is 65.4 Å². The number of benzene rings is 2. The van der Waals surface area contributed by atoms with Crippen molar-refractivity contribution in [1.29, 1.82) is 0 Å². The Morgan fingerprint density at radius 2 is 1.96 bits per heavy atom. The minimum absolute atomic E-state index is 0.0404. The molecule has 1 heterocycles. The molecule has 1 aromatic heterocycles. The zero-order valence-electron chi connectivity index (χ0n) is 13.1. The maximum atomic E-state index is 12.2. The third kappa shape index (κ3) is 3.60. The summed E-state index contributed by atoms with van der Waals surface area (Å²) < 4.78 is 0. The Labute approximate surface area is 135 Å². The molecule has 23 heavy (non-hydrogen) atoms. The number of aliphatic hydroxyl groups excluding tert-OH is 1. The molecule has 3 N–H and O–H groups in total. The summed E-state index contributed by atoms with van der Waals surface area (Å²) in [5, 5.41) is 12.9. The summed E-state index contributed by atoms with van der Waals surface area (Å²) in [5.74, 6) is -0.0404. The lowest BCUT2D eigenvalue weighted by atomic mass is 10.1. The average Bonchev–Trinajstić information content (AvgIpc) is 2.91. The molecular weight excluding hydrogens is 288 g/mol. The van der Waals surface area contributed by atoms with E-state index in [0.29, 0.717) is 12.8 Å². The predicted octanol–water partition coefficient (Wildman–Crippen LogP) is 3.19. The van der Waals surface area contributed by atoms with Crippen LogP contribution in [0.1, 0.15) is 16.7 Å². The van der Waals surface area contributed by atoms with Crippen LogP contribution in [-0.4, -0.2) is 22.6 Å². The summed E-state index contributed by atoms with van der Waals surface area (Å²) in [6, 6.07) is 13.7. The third-order valence-electron chi connectivity index (χ3n) is 3.91. The van der Waals surface area contributed by atoms with Crippen molar-refractivity contribution < 1.29 is 9.90 Å². The van der Waals surface area contributed by atoms with Gasteiger partial charge in [-0.3, -0.25) is 4.79 Å². The molecule has 0 aliphatic carbocycles. The van der Waals surface area contributed by atoms with E-state index in [4.69, 9.17) is 5.11 Å². The zero-order valence-corrected chi connectivity index (χ0v) is 13.1. The molecule has 4 nitrogen and oxygen atoms in total. The highest BCUT2D eigenvalue weighted by atomic mass is 16.2. The van der Waals surface area contributed by atoms with Gasteiger partial charge in [0.15, 0.2) is 0 Å². The molecule has 3 rings (SSSR count). The molecule has 0 aliphatic heterocycles. The van der Waals surface area contributed by atoms with Crippen LogP contribution in [0.2, 0.25) is 0 Å². The van der Waals surface area contributed by atoms with E-state index in [-0.39, 0.29) is 12.5 Å². The Morgan fingerprint density at radius 3 is 2.70 bits per heavy atom. The van der Waals surface area contributed by atoms with E-state index in [1.807, 2.05) is 43.5 Å². The fourth-order valence-corrected chi connectivity index (χ4v) is 2.71. The SMILES string of the molecule is Cc1ccc2c(CC(=O)Nc3ccc(CCO)cc3)c[nH]c2c1. The van der Waals surface area contributed by atoms with E-state index in [2.05, 4.69) is 22.4 Å². The summed E-state index contributed by atoms with van der Waals surface area (Å²) in [7, 11) is 0. The number of amides is 1. The second-order valence-electron chi connectivity index (χ2n) is 5.76. The van der Waals surface area contributed by atoms with Gasteiger partial charge in [0.05, 0.1) is 6.42 Å². The largest absolute Gasteiger partial charge is 0.396 e. The van der Waals surface area contributed by atoms with Crippen molar-refractivity contribution >= 4 is 22.5 Å². The summed E-state index contributed by atoms with van der Waals surface area (Å²) in [5.41, 5.74) is 5.07. The molecular formula is C19H20N2O2. The molecule has 0 radical (unpaired) electrons. The summed E-state index contributed by atoms with van der Waals surface area (Å²) in [4.78, 5) is 15.5. The second kappa shape index (κ2) is 6.67. The Morgan fingerprint density at radius 1 is 1.17 bits per heavy atom. The molecule has 2 aromatic carbocycles. The van der Waals surface area contributed by atoms with Crippen molar-refractivity contribution in [1.82, 2.24) is 4.98 Å². The molecule has 118 valence electrons.